The predicted octanol–water partition coefficient (Wildman–Crippen LogP) is 1.50. The molecule has 21 heavy (non-hydrogen) atoms. The lowest BCUT2D eigenvalue weighted by atomic mass is 10.1. The second-order valence-corrected chi connectivity index (χ2v) is 8.48. The number of anilines is 2. The van der Waals surface area contributed by atoms with E-state index in [1.165, 1.54) is 0 Å². The van der Waals surface area contributed by atoms with Gasteiger partial charge in [-0.3, -0.25) is 0 Å². The summed E-state index contributed by atoms with van der Waals surface area (Å²) in [4.78, 5) is 2.61. The highest BCUT2D eigenvalue weighted by Gasteiger charge is 2.28. The second-order valence-electron chi connectivity index (χ2n) is 5.24. The van der Waals surface area contributed by atoms with Gasteiger partial charge in [-0.15, -0.1) is 11.3 Å². The van der Waals surface area contributed by atoms with Crippen molar-refractivity contribution >= 4 is 31.9 Å². The van der Waals surface area contributed by atoms with Gasteiger partial charge in [-0.2, -0.15) is 5.26 Å². The number of nitrogens with one attached hydrogen (secondary N) is 1. The van der Waals surface area contributed by atoms with Crippen molar-refractivity contribution in [2.24, 2.45) is 0 Å². The monoisotopic (exact) mass is 328 g/mol. The lowest BCUT2D eigenvalue weighted by Crippen LogP contribution is -2.36. The number of piperidine rings is 1. The number of nitriles is 1. The van der Waals surface area contributed by atoms with Gasteiger partial charge in [-0.05, 0) is 33.0 Å². The van der Waals surface area contributed by atoms with Crippen LogP contribution in [0, 0.1) is 11.3 Å². The summed E-state index contributed by atoms with van der Waals surface area (Å²) in [5.41, 5.74) is 5.95. The Balaban J connectivity index is 2.33. The van der Waals surface area contributed by atoms with Crippen LogP contribution < -0.4 is 11.1 Å². The lowest BCUT2D eigenvalue weighted by molar-refractivity contribution is 0.264. The minimum absolute atomic E-state index is 0.0269. The Labute approximate surface area is 129 Å². The molecule has 0 radical (unpaired) electrons. The molecule has 8 heteroatoms. The standard InChI is InChI=1S/C13H20N4O2S2/c1-3-21(18,19)12-11(15)10(8-14)20-13(12)16-9-4-6-17(2)7-5-9/h9,16H,3-7,15H2,1-2H3. The van der Waals surface area contributed by atoms with Gasteiger partial charge in [-0.25, -0.2) is 8.42 Å². The van der Waals surface area contributed by atoms with E-state index in [1.54, 1.807) is 6.92 Å². The van der Waals surface area contributed by atoms with Crippen LogP contribution in [-0.2, 0) is 9.84 Å². The van der Waals surface area contributed by atoms with Crippen molar-refractivity contribution in [1.29, 1.82) is 5.26 Å². The third-order valence-electron chi connectivity index (χ3n) is 3.75. The maximum Gasteiger partial charge on any atom is 0.183 e. The van der Waals surface area contributed by atoms with Gasteiger partial charge in [0.05, 0.1) is 11.4 Å². The largest absolute Gasteiger partial charge is 0.396 e. The van der Waals surface area contributed by atoms with E-state index in [0.29, 0.717) is 5.00 Å². The van der Waals surface area contributed by atoms with Gasteiger partial charge in [0, 0.05) is 6.04 Å². The van der Waals surface area contributed by atoms with Crippen molar-refractivity contribution in [3.63, 3.8) is 0 Å². The molecule has 3 N–H and O–H groups in total. The van der Waals surface area contributed by atoms with Crippen LogP contribution in [0.2, 0.25) is 0 Å². The maximum atomic E-state index is 12.2. The van der Waals surface area contributed by atoms with E-state index in [9.17, 15) is 8.42 Å². The molecule has 0 bridgehead atoms. The fraction of sp³-hybridized carbons (Fsp3) is 0.615. The molecule has 0 saturated carbocycles. The highest BCUT2D eigenvalue weighted by Crippen LogP contribution is 2.40. The van der Waals surface area contributed by atoms with E-state index < -0.39 is 9.84 Å². The second kappa shape index (κ2) is 6.22. The number of nitrogen functional groups attached to an aromatic ring is 1. The molecule has 0 aliphatic carbocycles. The third-order valence-corrected chi connectivity index (χ3v) is 6.72. The molecule has 1 saturated heterocycles. The number of hydrogen-bond donors (Lipinski definition) is 2. The molecule has 0 atom stereocenters. The van der Waals surface area contributed by atoms with Crippen molar-refractivity contribution < 1.29 is 8.42 Å². The molecule has 0 amide bonds. The molecule has 6 nitrogen and oxygen atoms in total. The van der Waals surface area contributed by atoms with Crippen LogP contribution in [0.25, 0.3) is 0 Å². The highest BCUT2D eigenvalue weighted by atomic mass is 32.2. The van der Waals surface area contributed by atoms with E-state index in [4.69, 9.17) is 11.0 Å². The third kappa shape index (κ3) is 3.31. The quantitative estimate of drug-likeness (QED) is 0.869. The summed E-state index contributed by atoms with van der Waals surface area (Å²) in [5, 5.41) is 12.9. The smallest absolute Gasteiger partial charge is 0.183 e. The molecule has 0 unspecified atom stereocenters. The molecule has 1 aromatic rings. The number of sulfone groups is 1. The number of thiophene rings is 1. The van der Waals surface area contributed by atoms with Crippen LogP contribution in [0.15, 0.2) is 4.90 Å². The van der Waals surface area contributed by atoms with Crippen LogP contribution in [-0.4, -0.2) is 45.2 Å². The summed E-state index contributed by atoms with van der Waals surface area (Å²) < 4.78 is 24.5. The molecular formula is C13H20N4O2S2. The van der Waals surface area contributed by atoms with Gasteiger partial charge < -0.3 is 16.0 Å². The highest BCUT2D eigenvalue weighted by molar-refractivity contribution is 7.91. The summed E-state index contributed by atoms with van der Waals surface area (Å²) in [7, 11) is -1.38. The van der Waals surface area contributed by atoms with Crippen LogP contribution in [0.3, 0.4) is 0 Å². The molecular weight excluding hydrogens is 308 g/mol. The van der Waals surface area contributed by atoms with Gasteiger partial charge in [-0.1, -0.05) is 6.92 Å². The summed E-state index contributed by atoms with van der Waals surface area (Å²) in [6.07, 6.45) is 1.89. The zero-order chi connectivity index (χ0) is 15.6. The molecule has 2 heterocycles. The van der Waals surface area contributed by atoms with Gasteiger partial charge in [0.15, 0.2) is 9.84 Å². The number of rotatable bonds is 4. The molecule has 1 aliphatic heterocycles. The number of likely N-dealkylation sites (tertiary alicyclic amines) is 1. The summed E-state index contributed by atoms with van der Waals surface area (Å²) in [6.45, 7) is 3.52. The lowest BCUT2D eigenvalue weighted by Gasteiger charge is -2.29. The first kappa shape index (κ1) is 16.1. The van der Waals surface area contributed by atoms with Crippen molar-refractivity contribution in [3.8, 4) is 6.07 Å². The number of nitrogens with zero attached hydrogens (tertiary/aromatic N) is 2. The fourth-order valence-electron chi connectivity index (χ4n) is 2.40. The van der Waals surface area contributed by atoms with Crippen molar-refractivity contribution in [3.05, 3.63) is 4.88 Å². The molecule has 1 aromatic heterocycles. The van der Waals surface area contributed by atoms with E-state index in [-0.39, 0.29) is 27.3 Å². The van der Waals surface area contributed by atoms with Crippen LogP contribution >= 0.6 is 11.3 Å². The number of nitrogens with two attached hydrogens (primary N) is 1. The van der Waals surface area contributed by atoms with Gasteiger partial charge >= 0.3 is 0 Å². The Hall–Kier alpha value is -1.30. The van der Waals surface area contributed by atoms with E-state index in [0.717, 1.165) is 37.3 Å². The first-order chi connectivity index (χ1) is 9.89. The normalized spacial score (nSPS) is 17.6. The Kier molecular flexibility index (Phi) is 4.76. The molecule has 0 aromatic carbocycles. The van der Waals surface area contributed by atoms with E-state index >= 15 is 0 Å². The molecule has 1 aliphatic rings. The van der Waals surface area contributed by atoms with Crippen LogP contribution in [0.5, 0.6) is 0 Å². The molecule has 2 rings (SSSR count). The molecule has 116 valence electrons. The van der Waals surface area contributed by atoms with Crippen LogP contribution in [0.1, 0.15) is 24.6 Å². The minimum Gasteiger partial charge on any atom is -0.396 e. The maximum absolute atomic E-state index is 12.2. The van der Waals surface area contributed by atoms with Gasteiger partial charge in [0.1, 0.15) is 20.8 Å². The predicted molar refractivity (Wildman–Crippen MR) is 85.3 cm³/mol. The Bertz CT molecular complexity index is 652. The fourth-order valence-corrected chi connectivity index (χ4v) is 4.93. The first-order valence-corrected chi connectivity index (χ1v) is 9.36. The zero-order valence-electron chi connectivity index (χ0n) is 12.2. The van der Waals surface area contributed by atoms with Crippen molar-refractivity contribution in [2.45, 2.75) is 30.7 Å². The molecule has 0 spiro atoms. The van der Waals surface area contributed by atoms with Gasteiger partial charge in [0.25, 0.3) is 0 Å². The number of hydrogen-bond acceptors (Lipinski definition) is 7. The topological polar surface area (TPSA) is 99.2 Å². The summed E-state index contributed by atoms with van der Waals surface area (Å²) in [6, 6.07) is 2.20. The molecule has 1 fully saturated rings. The van der Waals surface area contributed by atoms with E-state index in [2.05, 4.69) is 17.3 Å². The van der Waals surface area contributed by atoms with E-state index in [1.807, 2.05) is 6.07 Å². The average Bonchev–Trinajstić information content (AvgIpc) is 2.78. The average molecular weight is 328 g/mol. The first-order valence-electron chi connectivity index (χ1n) is 6.89. The van der Waals surface area contributed by atoms with Crippen molar-refractivity contribution in [2.75, 3.05) is 36.9 Å². The Morgan fingerprint density at radius 3 is 2.62 bits per heavy atom. The van der Waals surface area contributed by atoms with Gasteiger partial charge in [0.2, 0.25) is 0 Å². The van der Waals surface area contributed by atoms with Crippen LogP contribution in [0.4, 0.5) is 10.7 Å². The zero-order valence-corrected chi connectivity index (χ0v) is 13.9. The Morgan fingerprint density at radius 2 is 2.10 bits per heavy atom. The Morgan fingerprint density at radius 1 is 1.48 bits per heavy atom. The summed E-state index contributed by atoms with van der Waals surface area (Å²) >= 11 is 1.13. The summed E-state index contributed by atoms with van der Waals surface area (Å²) in [5.74, 6) is -0.0269. The van der Waals surface area contributed by atoms with Crippen molar-refractivity contribution in [1.82, 2.24) is 4.90 Å². The SMILES string of the molecule is CCS(=O)(=O)c1c(NC2CCN(C)CC2)sc(C#N)c1N. The minimum atomic E-state index is -3.45.